The fourth-order valence-corrected chi connectivity index (χ4v) is 1.97. The van der Waals surface area contributed by atoms with Gasteiger partial charge in [0.1, 0.15) is 0 Å². The van der Waals surface area contributed by atoms with E-state index >= 15 is 0 Å². The number of benzene rings is 1. The van der Waals surface area contributed by atoms with Crippen LogP contribution in [0.2, 0.25) is 0 Å². The Balaban J connectivity index is 0.00000121. The van der Waals surface area contributed by atoms with Crippen LogP contribution < -0.4 is 0 Å². The number of hydrogen-bond donors (Lipinski definition) is 0. The summed E-state index contributed by atoms with van der Waals surface area (Å²) in [5, 5.41) is 0. The normalized spacial score (nSPS) is 11.9. The summed E-state index contributed by atoms with van der Waals surface area (Å²) in [7, 11) is 0. The topological polar surface area (TPSA) is 3.24 Å². The average molecular weight is 235 g/mol. The van der Waals surface area contributed by atoms with Gasteiger partial charge in [0.2, 0.25) is 0 Å². The van der Waals surface area contributed by atoms with Gasteiger partial charge in [-0.05, 0) is 31.0 Å². The van der Waals surface area contributed by atoms with Crippen LogP contribution in [0.15, 0.2) is 30.3 Å². The van der Waals surface area contributed by atoms with Crippen molar-refractivity contribution in [2.75, 3.05) is 19.6 Å². The molecule has 0 saturated heterocycles. The first kappa shape index (κ1) is 16.2. The van der Waals surface area contributed by atoms with E-state index in [2.05, 4.69) is 56.0 Å². The van der Waals surface area contributed by atoms with Crippen LogP contribution in [0.5, 0.6) is 0 Å². The Hall–Kier alpha value is -0.820. The third-order valence-electron chi connectivity index (χ3n) is 2.89. The molecule has 0 spiro atoms. The first-order valence-corrected chi connectivity index (χ1v) is 7.05. The molecule has 0 aliphatic rings. The van der Waals surface area contributed by atoms with Crippen molar-refractivity contribution in [2.45, 2.75) is 47.0 Å². The van der Waals surface area contributed by atoms with Crippen molar-refractivity contribution in [1.29, 1.82) is 0 Å². The molecule has 1 aromatic rings. The number of rotatable bonds is 6. The van der Waals surface area contributed by atoms with Crippen LogP contribution in [-0.4, -0.2) is 24.5 Å². The fourth-order valence-electron chi connectivity index (χ4n) is 1.97. The van der Waals surface area contributed by atoms with Gasteiger partial charge >= 0.3 is 0 Å². The van der Waals surface area contributed by atoms with Crippen LogP contribution in [0, 0.1) is 0 Å². The molecule has 0 aliphatic heterocycles. The predicted molar refractivity (Wildman–Crippen MR) is 78.6 cm³/mol. The summed E-state index contributed by atoms with van der Waals surface area (Å²) in [5.74, 6) is 0.637. The first-order valence-electron chi connectivity index (χ1n) is 7.05. The predicted octanol–water partition coefficient (Wildman–Crippen LogP) is 4.55. The number of likely N-dealkylation sites (N-methyl/N-ethyl adjacent to an activating group) is 1. The van der Waals surface area contributed by atoms with E-state index in [0.717, 1.165) is 6.54 Å². The molecule has 0 N–H and O–H groups in total. The first-order chi connectivity index (χ1) is 8.27. The molecule has 1 rings (SSSR count). The van der Waals surface area contributed by atoms with Crippen molar-refractivity contribution >= 4 is 0 Å². The second-order valence-corrected chi connectivity index (χ2v) is 4.20. The third-order valence-corrected chi connectivity index (χ3v) is 2.89. The maximum absolute atomic E-state index is 2.53. The quantitative estimate of drug-likeness (QED) is 0.699. The van der Waals surface area contributed by atoms with Crippen LogP contribution >= 0.6 is 0 Å². The molecule has 1 heteroatoms. The van der Waals surface area contributed by atoms with Crippen LogP contribution in [0.4, 0.5) is 0 Å². The van der Waals surface area contributed by atoms with Crippen LogP contribution in [0.3, 0.4) is 0 Å². The highest BCUT2D eigenvalue weighted by Gasteiger charge is 2.09. The smallest absolute Gasteiger partial charge is 0.00475 e. The van der Waals surface area contributed by atoms with Gasteiger partial charge in [0, 0.05) is 6.54 Å². The van der Waals surface area contributed by atoms with Crippen molar-refractivity contribution in [3.05, 3.63) is 35.9 Å². The summed E-state index contributed by atoms with van der Waals surface area (Å²) < 4.78 is 0. The molecule has 0 saturated carbocycles. The van der Waals surface area contributed by atoms with Gasteiger partial charge in [-0.2, -0.15) is 0 Å². The Labute approximate surface area is 108 Å². The second kappa shape index (κ2) is 10.3. The molecule has 0 heterocycles. The van der Waals surface area contributed by atoms with Gasteiger partial charge < -0.3 is 4.90 Å². The van der Waals surface area contributed by atoms with Crippen molar-refractivity contribution in [2.24, 2.45) is 0 Å². The van der Waals surface area contributed by atoms with Crippen molar-refractivity contribution in [3.8, 4) is 0 Å². The fraction of sp³-hybridized carbons (Fsp3) is 0.625. The molecular formula is C16H29N. The zero-order chi connectivity index (χ0) is 13.1. The number of hydrogen-bond acceptors (Lipinski definition) is 1. The Morgan fingerprint density at radius 2 is 1.65 bits per heavy atom. The monoisotopic (exact) mass is 235 g/mol. The highest BCUT2D eigenvalue weighted by atomic mass is 15.1. The molecule has 0 bridgehead atoms. The van der Waals surface area contributed by atoms with Gasteiger partial charge in [0.25, 0.3) is 0 Å². The molecule has 98 valence electrons. The molecule has 1 aromatic carbocycles. The van der Waals surface area contributed by atoms with E-state index in [9.17, 15) is 0 Å². The zero-order valence-corrected chi connectivity index (χ0v) is 12.2. The minimum atomic E-state index is 0.637. The largest absolute Gasteiger partial charge is 0.303 e. The molecular weight excluding hydrogens is 206 g/mol. The lowest BCUT2D eigenvalue weighted by Crippen LogP contribution is -2.28. The van der Waals surface area contributed by atoms with E-state index in [1.165, 1.54) is 25.1 Å². The second-order valence-electron chi connectivity index (χ2n) is 4.20. The molecule has 0 amide bonds. The van der Waals surface area contributed by atoms with Gasteiger partial charge in [-0.1, -0.05) is 65.0 Å². The van der Waals surface area contributed by atoms with Crippen LogP contribution in [-0.2, 0) is 0 Å². The molecule has 0 aliphatic carbocycles. The minimum absolute atomic E-state index is 0.637. The van der Waals surface area contributed by atoms with E-state index in [-0.39, 0.29) is 0 Å². The Bertz CT molecular complexity index is 255. The number of nitrogens with zero attached hydrogens (tertiary/aromatic N) is 1. The Morgan fingerprint density at radius 3 is 2.12 bits per heavy atom. The van der Waals surface area contributed by atoms with Crippen LogP contribution in [0.1, 0.15) is 52.5 Å². The Morgan fingerprint density at radius 1 is 1.06 bits per heavy atom. The molecule has 1 unspecified atom stereocenters. The van der Waals surface area contributed by atoms with E-state index in [4.69, 9.17) is 0 Å². The van der Waals surface area contributed by atoms with Crippen molar-refractivity contribution in [1.82, 2.24) is 4.90 Å². The van der Waals surface area contributed by atoms with Gasteiger partial charge in [0.05, 0.1) is 0 Å². The van der Waals surface area contributed by atoms with Crippen molar-refractivity contribution in [3.63, 3.8) is 0 Å². The third kappa shape index (κ3) is 6.48. The van der Waals surface area contributed by atoms with Gasteiger partial charge in [0.15, 0.2) is 0 Å². The van der Waals surface area contributed by atoms with Gasteiger partial charge in [-0.3, -0.25) is 0 Å². The van der Waals surface area contributed by atoms with E-state index in [1.807, 2.05) is 13.8 Å². The summed E-state index contributed by atoms with van der Waals surface area (Å²) in [6, 6.07) is 10.8. The zero-order valence-electron chi connectivity index (χ0n) is 12.2. The lowest BCUT2D eigenvalue weighted by atomic mass is 10.0. The standard InChI is InChI=1S/C14H23N.C2H6/c1-4-11-15(5-2)12-13(3)14-9-7-6-8-10-14;1-2/h6-10,13H,4-5,11-12H2,1-3H3;1-2H3. The SMILES string of the molecule is CC.CCCN(CC)CC(C)c1ccccc1. The molecule has 0 fully saturated rings. The molecule has 1 nitrogen and oxygen atoms in total. The summed E-state index contributed by atoms with van der Waals surface area (Å²) >= 11 is 0. The summed E-state index contributed by atoms with van der Waals surface area (Å²) in [6.07, 6.45) is 1.25. The highest BCUT2D eigenvalue weighted by molar-refractivity contribution is 5.18. The highest BCUT2D eigenvalue weighted by Crippen LogP contribution is 2.15. The van der Waals surface area contributed by atoms with E-state index in [1.54, 1.807) is 0 Å². The Kier molecular flexibility index (Phi) is 9.84. The molecule has 17 heavy (non-hydrogen) atoms. The molecule has 0 radical (unpaired) electrons. The molecule has 0 aromatic heterocycles. The lowest BCUT2D eigenvalue weighted by Gasteiger charge is -2.23. The van der Waals surface area contributed by atoms with Gasteiger partial charge in [-0.25, -0.2) is 0 Å². The summed E-state index contributed by atoms with van der Waals surface area (Å²) in [5.41, 5.74) is 1.45. The minimum Gasteiger partial charge on any atom is -0.303 e. The maximum Gasteiger partial charge on any atom is 0.00475 e. The summed E-state index contributed by atoms with van der Waals surface area (Å²) in [4.78, 5) is 2.53. The lowest BCUT2D eigenvalue weighted by molar-refractivity contribution is 0.274. The molecule has 1 atom stereocenters. The van der Waals surface area contributed by atoms with Crippen LogP contribution in [0.25, 0.3) is 0 Å². The average Bonchev–Trinajstić information content (AvgIpc) is 2.41. The van der Waals surface area contributed by atoms with E-state index in [0.29, 0.717) is 5.92 Å². The maximum atomic E-state index is 2.53. The van der Waals surface area contributed by atoms with Crippen molar-refractivity contribution < 1.29 is 0 Å². The van der Waals surface area contributed by atoms with E-state index < -0.39 is 0 Å². The van der Waals surface area contributed by atoms with Gasteiger partial charge in [-0.15, -0.1) is 0 Å². The summed E-state index contributed by atoms with van der Waals surface area (Å²) in [6.45, 7) is 14.4.